The zero-order chi connectivity index (χ0) is 13.3. The summed E-state index contributed by atoms with van der Waals surface area (Å²) in [6.07, 6.45) is 6.11. The predicted octanol–water partition coefficient (Wildman–Crippen LogP) is 1.40. The van der Waals surface area contributed by atoms with E-state index in [0.717, 1.165) is 19.3 Å². The lowest BCUT2D eigenvalue weighted by molar-refractivity contribution is -0.151. The summed E-state index contributed by atoms with van der Waals surface area (Å²) in [6, 6.07) is -0.405. The molecule has 4 atom stereocenters. The summed E-state index contributed by atoms with van der Waals surface area (Å²) < 4.78 is 0. The second-order valence-corrected chi connectivity index (χ2v) is 6.24. The Kier molecular flexibility index (Phi) is 4.20. The Labute approximate surface area is 113 Å². The van der Waals surface area contributed by atoms with Gasteiger partial charge in [0.1, 0.15) is 12.1 Å². The van der Waals surface area contributed by atoms with Crippen LogP contribution < -0.4 is 5.32 Å². The van der Waals surface area contributed by atoms with Gasteiger partial charge in [-0.2, -0.15) is 11.8 Å². The van der Waals surface area contributed by atoms with Crippen LogP contribution in [0.3, 0.4) is 0 Å². The highest BCUT2D eigenvalue weighted by Crippen LogP contribution is 2.34. The van der Waals surface area contributed by atoms with Gasteiger partial charge in [0.25, 0.3) is 0 Å². The van der Waals surface area contributed by atoms with Gasteiger partial charge in [-0.05, 0) is 32.4 Å². The lowest BCUT2D eigenvalue weighted by Gasteiger charge is -2.42. The minimum Gasteiger partial charge on any atom is -0.343 e. The number of carbonyl (C=O) groups excluding carboxylic acids is 2. The van der Waals surface area contributed by atoms with Crippen molar-refractivity contribution in [2.24, 2.45) is 0 Å². The molecule has 4 unspecified atom stereocenters. The fourth-order valence-corrected chi connectivity index (χ4v) is 4.06. The molecule has 0 spiro atoms. The summed E-state index contributed by atoms with van der Waals surface area (Å²) in [5, 5.41) is 3.30. The maximum absolute atomic E-state index is 12.5. The molecule has 1 aliphatic heterocycles. The highest BCUT2D eigenvalue weighted by atomic mass is 32.2. The van der Waals surface area contributed by atoms with E-state index in [4.69, 9.17) is 0 Å². The lowest BCUT2D eigenvalue weighted by Crippen LogP contribution is -2.65. The summed E-state index contributed by atoms with van der Waals surface area (Å²) in [6.45, 7) is 3.78. The van der Waals surface area contributed by atoms with Gasteiger partial charge < -0.3 is 10.2 Å². The Morgan fingerprint density at radius 2 is 2.11 bits per heavy atom. The van der Waals surface area contributed by atoms with Crippen LogP contribution in [0.15, 0.2) is 0 Å². The smallest absolute Gasteiger partial charge is 0.246 e. The van der Waals surface area contributed by atoms with Gasteiger partial charge >= 0.3 is 0 Å². The van der Waals surface area contributed by atoms with E-state index >= 15 is 0 Å². The van der Waals surface area contributed by atoms with E-state index in [1.165, 1.54) is 0 Å². The van der Waals surface area contributed by atoms with E-state index in [1.807, 2.05) is 30.5 Å². The third kappa shape index (κ3) is 2.25. The maximum Gasteiger partial charge on any atom is 0.246 e. The Hall–Kier alpha value is -0.710. The number of nitrogens with zero attached hydrogens (tertiary/aromatic N) is 1. The fourth-order valence-electron chi connectivity index (χ4n) is 3.08. The van der Waals surface area contributed by atoms with Crippen molar-refractivity contribution in [3.63, 3.8) is 0 Å². The second kappa shape index (κ2) is 5.51. The molecule has 1 aliphatic carbocycles. The first-order valence-corrected chi connectivity index (χ1v) is 8.04. The van der Waals surface area contributed by atoms with Crippen LogP contribution in [0.5, 0.6) is 0 Å². The largest absolute Gasteiger partial charge is 0.343 e. The van der Waals surface area contributed by atoms with Crippen LogP contribution in [0, 0.1) is 0 Å². The number of thioether (sulfide) groups is 1. The van der Waals surface area contributed by atoms with Crippen LogP contribution in [0.25, 0.3) is 0 Å². The van der Waals surface area contributed by atoms with Gasteiger partial charge in [-0.3, -0.25) is 9.59 Å². The average molecular weight is 270 g/mol. The van der Waals surface area contributed by atoms with Crippen molar-refractivity contribution in [3.8, 4) is 0 Å². The van der Waals surface area contributed by atoms with E-state index in [9.17, 15) is 9.59 Å². The molecule has 1 saturated heterocycles. The van der Waals surface area contributed by atoms with E-state index in [2.05, 4.69) is 11.6 Å². The lowest BCUT2D eigenvalue weighted by atomic mass is 10.0. The number of carbonyl (C=O) groups is 2. The van der Waals surface area contributed by atoms with Crippen molar-refractivity contribution in [2.45, 2.75) is 62.9 Å². The molecule has 4 nitrogen and oxygen atoms in total. The van der Waals surface area contributed by atoms with E-state index < -0.39 is 0 Å². The molecule has 2 aliphatic rings. The first-order valence-electron chi connectivity index (χ1n) is 6.75. The quantitative estimate of drug-likeness (QED) is 0.843. The molecule has 5 heteroatoms. The summed E-state index contributed by atoms with van der Waals surface area (Å²) in [4.78, 5) is 26.3. The van der Waals surface area contributed by atoms with Crippen LogP contribution in [-0.4, -0.2) is 46.3 Å². The van der Waals surface area contributed by atoms with Crippen molar-refractivity contribution in [1.29, 1.82) is 0 Å². The van der Waals surface area contributed by atoms with E-state index in [-0.39, 0.29) is 29.9 Å². The molecule has 18 heavy (non-hydrogen) atoms. The van der Waals surface area contributed by atoms with Gasteiger partial charge in [-0.25, -0.2) is 0 Å². The van der Waals surface area contributed by atoms with Crippen LogP contribution >= 0.6 is 11.8 Å². The molecule has 0 aromatic heterocycles. The van der Waals surface area contributed by atoms with E-state index in [1.54, 1.807) is 0 Å². The van der Waals surface area contributed by atoms with Gasteiger partial charge in [0.15, 0.2) is 0 Å². The minimum absolute atomic E-state index is 0.00629. The highest BCUT2D eigenvalue weighted by Gasteiger charge is 2.44. The molecular weight excluding hydrogens is 248 g/mol. The molecule has 2 amide bonds. The average Bonchev–Trinajstić information content (AvgIpc) is 2.82. The molecule has 1 heterocycles. The monoisotopic (exact) mass is 270 g/mol. The molecule has 0 radical (unpaired) electrons. The van der Waals surface area contributed by atoms with Crippen molar-refractivity contribution in [1.82, 2.24) is 10.2 Å². The highest BCUT2D eigenvalue weighted by molar-refractivity contribution is 7.99. The first-order chi connectivity index (χ1) is 8.60. The minimum atomic E-state index is -0.322. The van der Waals surface area contributed by atoms with Crippen LogP contribution in [0.2, 0.25) is 0 Å². The number of hydrogen-bond acceptors (Lipinski definition) is 3. The molecular formula is C13H22N2O2S. The number of nitrogens with one attached hydrogen (secondary N) is 1. The van der Waals surface area contributed by atoms with Crippen molar-refractivity contribution in [3.05, 3.63) is 0 Å². The SMILES string of the molecule is CCC1NC(=O)C(C)N(C2CCCC2SC)C1=O. The Morgan fingerprint density at radius 3 is 2.72 bits per heavy atom. The maximum atomic E-state index is 12.5. The zero-order valence-corrected chi connectivity index (χ0v) is 12.1. The molecule has 0 bridgehead atoms. The number of piperazine rings is 1. The topological polar surface area (TPSA) is 49.4 Å². The van der Waals surface area contributed by atoms with Crippen molar-refractivity contribution >= 4 is 23.6 Å². The summed E-state index contributed by atoms with van der Waals surface area (Å²) in [5.74, 6) is 0.101. The molecule has 102 valence electrons. The fraction of sp³-hybridized carbons (Fsp3) is 0.846. The Bertz CT molecular complexity index is 348. The normalized spacial score (nSPS) is 36.9. The molecule has 1 N–H and O–H groups in total. The van der Waals surface area contributed by atoms with Gasteiger partial charge in [-0.15, -0.1) is 0 Å². The number of amides is 2. The number of rotatable bonds is 3. The van der Waals surface area contributed by atoms with Crippen LogP contribution in [0.1, 0.15) is 39.5 Å². The first kappa shape index (κ1) is 13.7. The summed E-state index contributed by atoms with van der Waals surface area (Å²) in [7, 11) is 0. The third-order valence-electron chi connectivity index (χ3n) is 4.15. The van der Waals surface area contributed by atoms with Crippen LogP contribution in [0.4, 0.5) is 0 Å². The predicted molar refractivity (Wildman–Crippen MR) is 73.5 cm³/mol. The van der Waals surface area contributed by atoms with Crippen molar-refractivity contribution in [2.75, 3.05) is 6.26 Å². The van der Waals surface area contributed by atoms with Crippen LogP contribution in [-0.2, 0) is 9.59 Å². The second-order valence-electron chi connectivity index (χ2n) is 5.16. The van der Waals surface area contributed by atoms with Gasteiger partial charge in [-0.1, -0.05) is 13.3 Å². The molecule has 0 aromatic rings. The standard InChI is InChI=1S/C13H22N2O2S/c1-4-9-13(17)15(8(2)12(16)14-9)10-6-5-7-11(10)18-3/h8-11H,4-7H2,1-3H3,(H,14,16). The molecule has 2 rings (SSSR count). The zero-order valence-electron chi connectivity index (χ0n) is 11.3. The summed E-state index contributed by atoms with van der Waals surface area (Å²) >= 11 is 1.82. The number of hydrogen-bond donors (Lipinski definition) is 1. The Morgan fingerprint density at radius 1 is 1.39 bits per heavy atom. The Balaban J connectivity index is 2.22. The molecule has 1 saturated carbocycles. The molecule has 0 aromatic carbocycles. The summed E-state index contributed by atoms with van der Waals surface area (Å²) in [5.41, 5.74) is 0. The third-order valence-corrected chi connectivity index (χ3v) is 5.31. The van der Waals surface area contributed by atoms with E-state index in [0.29, 0.717) is 11.7 Å². The van der Waals surface area contributed by atoms with Gasteiger partial charge in [0.2, 0.25) is 11.8 Å². The van der Waals surface area contributed by atoms with Gasteiger partial charge in [0, 0.05) is 11.3 Å². The van der Waals surface area contributed by atoms with Gasteiger partial charge in [0.05, 0.1) is 0 Å². The molecule has 2 fully saturated rings. The van der Waals surface area contributed by atoms with Crippen molar-refractivity contribution < 1.29 is 9.59 Å².